The second-order valence-corrected chi connectivity index (χ2v) is 5.19. The summed E-state index contributed by atoms with van der Waals surface area (Å²) in [6.07, 6.45) is 0. The van der Waals surface area contributed by atoms with E-state index in [4.69, 9.17) is 37.6 Å². The third-order valence-electron chi connectivity index (χ3n) is 1.53. The van der Waals surface area contributed by atoms with Crippen LogP contribution in [0, 0.1) is 0 Å². The van der Waals surface area contributed by atoms with E-state index >= 15 is 0 Å². The highest BCUT2D eigenvalue weighted by Crippen LogP contribution is 2.20. The van der Waals surface area contributed by atoms with Crippen LogP contribution in [0.5, 0.6) is 0 Å². The van der Waals surface area contributed by atoms with Gasteiger partial charge >= 0.3 is 8.97 Å². The molecule has 0 heterocycles. The normalized spacial score (nSPS) is 11.8. The summed E-state index contributed by atoms with van der Waals surface area (Å²) in [6, 6.07) is 4.80. The lowest BCUT2D eigenvalue weighted by Gasteiger charge is -2.11. The summed E-state index contributed by atoms with van der Waals surface area (Å²) < 4.78 is 0. The number of nitrogens with one attached hydrogen (secondary N) is 1. The first-order valence-corrected chi connectivity index (χ1v) is 6.34. The van der Waals surface area contributed by atoms with E-state index in [1.807, 2.05) is 0 Å². The van der Waals surface area contributed by atoms with E-state index in [0.29, 0.717) is 15.6 Å². The summed E-state index contributed by atoms with van der Waals surface area (Å²) in [5.41, 5.74) is 0.630. The van der Waals surface area contributed by atoms with Crippen LogP contribution in [0.1, 0.15) is 5.56 Å². The third kappa shape index (κ3) is 3.93. The fraction of sp³-hybridized carbons (Fsp3) is 0.143. The summed E-state index contributed by atoms with van der Waals surface area (Å²) >= 11 is 11.5. The van der Waals surface area contributed by atoms with Crippen molar-refractivity contribution in [2.45, 2.75) is 6.54 Å². The van der Waals surface area contributed by atoms with Crippen molar-refractivity contribution in [2.24, 2.45) is 0 Å². The van der Waals surface area contributed by atoms with Crippen molar-refractivity contribution in [3.05, 3.63) is 33.8 Å². The summed E-state index contributed by atoms with van der Waals surface area (Å²) in [5, 5.41) is 0.905. The molecule has 1 aromatic carbocycles. The third-order valence-corrected chi connectivity index (χ3v) is 2.77. The zero-order valence-corrected chi connectivity index (χ0v) is 9.55. The van der Waals surface area contributed by atoms with Gasteiger partial charge in [0.15, 0.2) is 0 Å². The number of hydrogen-bond donors (Lipinski definition) is 4. The lowest BCUT2D eigenvalue weighted by molar-refractivity contribution is 0.208. The molecular weight excluding hydrogens is 245 g/mol. The Kier molecular flexibility index (Phi) is 3.91. The average molecular weight is 254 g/mol. The maximum Gasteiger partial charge on any atom is 0.588 e. The molecular formula is C7H9Cl2NO3Si. The molecule has 0 aliphatic rings. The molecule has 78 valence electrons. The highest BCUT2D eigenvalue weighted by Gasteiger charge is 2.26. The first kappa shape index (κ1) is 11.9. The van der Waals surface area contributed by atoms with Crippen molar-refractivity contribution in [3.63, 3.8) is 0 Å². The first-order valence-electron chi connectivity index (χ1n) is 3.74. The molecule has 0 amide bonds. The van der Waals surface area contributed by atoms with Crippen molar-refractivity contribution in [3.8, 4) is 0 Å². The summed E-state index contributed by atoms with van der Waals surface area (Å²) in [4.78, 5) is 28.3. The van der Waals surface area contributed by atoms with Gasteiger partial charge in [0.2, 0.25) is 0 Å². The van der Waals surface area contributed by atoms with Crippen LogP contribution < -0.4 is 4.98 Å². The number of halogens is 2. The van der Waals surface area contributed by atoms with Crippen molar-refractivity contribution in [2.75, 3.05) is 0 Å². The summed E-state index contributed by atoms with van der Waals surface area (Å²) in [5.74, 6) is 0. The van der Waals surface area contributed by atoms with Crippen LogP contribution in [0.3, 0.4) is 0 Å². The molecule has 0 saturated carbocycles. The molecule has 7 heteroatoms. The molecule has 0 unspecified atom stereocenters. The Hall–Kier alpha value is -0.143. The SMILES string of the molecule is O[Si](O)(O)NCc1ccc(Cl)cc1Cl. The Balaban J connectivity index is 2.68. The van der Waals surface area contributed by atoms with Crippen LogP contribution in [0.25, 0.3) is 0 Å². The predicted octanol–water partition coefficient (Wildman–Crippen LogP) is 0.496. The van der Waals surface area contributed by atoms with E-state index in [9.17, 15) is 0 Å². The zero-order valence-electron chi connectivity index (χ0n) is 7.04. The van der Waals surface area contributed by atoms with Crippen LogP contribution in [0.4, 0.5) is 0 Å². The molecule has 0 saturated heterocycles. The molecule has 0 bridgehead atoms. The van der Waals surface area contributed by atoms with E-state index in [1.165, 1.54) is 6.07 Å². The van der Waals surface area contributed by atoms with Crippen molar-refractivity contribution in [1.82, 2.24) is 4.98 Å². The Labute approximate surface area is 92.2 Å². The van der Waals surface area contributed by atoms with Gasteiger partial charge in [0.1, 0.15) is 0 Å². The average Bonchev–Trinajstić information content (AvgIpc) is 2.00. The molecule has 1 aromatic rings. The number of benzene rings is 1. The Morgan fingerprint density at radius 1 is 1.21 bits per heavy atom. The second kappa shape index (κ2) is 4.58. The van der Waals surface area contributed by atoms with Crippen molar-refractivity contribution < 1.29 is 14.4 Å². The van der Waals surface area contributed by atoms with Crippen LogP contribution >= 0.6 is 23.2 Å². The fourth-order valence-corrected chi connectivity index (χ4v) is 1.78. The molecule has 0 fully saturated rings. The van der Waals surface area contributed by atoms with E-state index < -0.39 is 8.97 Å². The van der Waals surface area contributed by atoms with Crippen LogP contribution in [0.15, 0.2) is 18.2 Å². The Morgan fingerprint density at radius 2 is 1.86 bits per heavy atom. The van der Waals surface area contributed by atoms with Crippen LogP contribution in [-0.4, -0.2) is 23.4 Å². The van der Waals surface area contributed by atoms with Crippen molar-refractivity contribution >= 4 is 32.2 Å². The highest BCUT2D eigenvalue weighted by atomic mass is 35.5. The molecule has 14 heavy (non-hydrogen) atoms. The minimum absolute atomic E-state index is 0.0751. The summed E-state index contributed by atoms with van der Waals surface area (Å²) in [6.45, 7) is 0.0751. The minimum atomic E-state index is -4.22. The fourth-order valence-electron chi connectivity index (χ4n) is 0.879. The second-order valence-electron chi connectivity index (χ2n) is 2.72. The minimum Gasteiger partial charge on any atom is -0.377 e. The molecule has 0 spiro atoms. The Morgan fingerprint density at radius 3 is 2.36 bits per heavy atom. The quantitative estimate of drug-likeness (QED) is 0.592. The maximum absolute atomic E-state index is 8.69. The highest BCUT2D eigenvalue weighted by molar-refractivity contribution is 6.53. The van der Waals surface area contributed by atoms with Gasteiger partial charge in [-0.3, -0.25) is 4.98 Å². The van der Waals surface area contributed by atoms with E-state index in [1.54, 1.807) is 12.1 Å². The van der Waals surface area contributed by atoms with Gasteiger partial charge in [-0.1, -0.05) is 29.3 Å². The molecule has 0 radical (unpaired) electrons. The van der Waals surface area contributed by atoms with Gasteiger partial charge in [0.25, 0.3) is 0 Å². The first-order chi connectivity index (χ1) is 6.38. The van der Waals surface area contributed by atoms with Gasteiger partial charge in [-0.15, -0.1) is 0 Å². The van der Waals surface area contributed by atoms with Crippen molar-refractivity contribution in [1.29, 1.82) is 0 Å². The van der Waals surface area contributed by atoms with Gasteiger partial charge in [-0.25, -0.2) is 0 Å². The molecule has 0 aromatic heterocycles. The smallest absolute Gasteiger partial charge is 0.377 e. The van der Waals surface area contributed by atoms with Gasteiger partial charge < -0.3 is 14.4 Å². The zero-order chi connectivity index (χ0) is 10.8. The van der Waals surface area contributed by atoms with Gasteiger partial charge in [0.05, 0.1) is 0 Å². The van der Waals surface area contributed by atoms with Crippen LogP contribution in [-0.2, 0) is 6.54 Å². The summed E-state index contributed by atoms with van der Waals surface area (Å²) in [7, 11) is -4.22. The molecule has 1 rings (SSSR count). The monoisotopic (exact) mass is 253 g/mol. The van der Waals surface area contributed by atoms with Gasteiger partial charge in [-0.2, -0.15) is 0 Å². The molecule has 0 atom stereocenters. The predicted molar refractivity (Wildman–Crippen MR) is 55.7 cm³/mol. The van der Waals surface area contributed by atoms with Gasteiger partial charge in [0, 0.05) is 16.6 Å². The molecule has 0 aliphatic carbocycles. The topological polar surface area (TPSA) is 72.7 Å². The van der Waals surface area contributed by atoms with E-state index in [2.05, 4.69) is 4.98 Å². The lowest BCUT2D eigenvalue weighted by atomic mass is 10.2. The number of rotatable bonds is 3. The molecule has 4 N–H and O–H groups in total. The lowest BCUT2D eigenvalue weighted by Crippen LogP contribution is -2.51. The molecule has 0 aliphatic heterocycles. The molecule has 4 nitrogen and oxygen atoms in total. The largest absolute Gasteiger partial charge is 0.588 e. The standard InChI is InChI=1S/C7H9Cl2NO3Si/c8-6-2-1-5(7(9)3-6)4-10-14(11,12)13/h1-3,10-13H,4H2. The number of hydrogen-bond acceptors (Lipinski definition) is 4. The Bertz CT molecular complexity index is 329. The maximum atomic E-state index is 8.69. The van der Waals surface area contributed by atoms with E-state index in [0.717, 1.165) is 0 Å². The van der Waals surface area contributed by atoms with E-state index in [-0.39, 0.29) is 6.54 Å². The van der Waals surface area contributed by atoms with Gasteiger partial charge in [-0.05, 0) is 17.7 Å². The van der Waals surface area contributed by atoms with Crippen LogP contribution in [0.2, 0.25) is 10.0 Å².